The van der Waals surface area contributed by atoms with Gasteiger partial charge in [0.05, 0.1) is 58.4 Å². The van der Waals surface area contributed by atoms with Gasteiger partial charge in [-0.05, 0) is 29.8 Å². The third-order valence-electron chi connectivity index (χ3n) is 4.98. The van der Waals surface area contributed by atoms with Crippen molar-refractivity contribution in [2.24, 2.45) is 0 Å². The Morgan fingerprint density at radius 3 is 1.79 bits per heavy atom. The Morgan fingerprint density at radius 1 is 0.706 bits per heavy atom. The number of rotatable bonds is 4. The summed E-state index contributed by atoms with van der Waals surface area (Å²) in [6.45, 7) is -0.247. The van der Waals surface area contributed by atoms with E-state index < -0.39 is 17.7 Å². The molecular weight excluding hydrogens is 588 g/mol. The number of fused-ring (bicyclic) bond motifs is 1. The number of carbonyl (C=O) groups is 3. The number of hydrogen-bond acceptors (Lipinski definition) is 3. The van der Waals surface area contributed by atoms with E-state index in [9.17, 15) is 14.4 Å². The highest BCUT2D eigenvalue weighted by atomic mass is 35.5. The predicted octanol–water partition coefficient (Wildman–Crippen LogP) is 8.11. The van der Waals surface area contributed by atoms with Gasteiger partial charge in [-0.25, -0.2) is 5.01 Å². The first-order chi connectivity index (χ1) is 16.0. The Balaban J connectivity index is 1.87. The van der Waals surface area contributed by atoms with Gasteiger partial charge in [-0.3, -0.25) is 14.4 Å². The molecule has 12 heteroatoms. The number of hydrogen-bond donors (Lipinski definition) is 0. The monoisotopic (exact) mass is 594 g/mol. The van der Waals surface area contributed by atoms with Gasteiger partial charge in [-0.15, -0.1) is 0 Å². The van der Waals surface area contributed by atoms with E-state index >= 15 is 0 Å². The maximum absolute atomic E-state index is 13.6. The Morgan fingerprint density at radius 2 is 1.26 bits per heavy atom. The largest absolute Gasteiger partial charge is 0.282 e. The molecule has 0 saturated carbocycles. The molecule has 3 aromatic carbocycles. The Labute approximate surface area is 228 Å². The molecule has 0 saturated heterocycles. The van der Waals surface area contributed by atoms with Crippen LogP contribution in [-0.2, 0) is 6.54 Å². The van der Waals surface area contributed by atoms with Crippen LogP contribution >= 0.6 is 81.2 Å². The highest BCUT2D eigenvalue weighted by Crippen LogP contribution is 2.45. The summed E-state index contributed by atoms with van der Waals surface area (Å²) in [6, 6.07) is 10.8. The van der Waals surface area contributed by atoms with Crippen molar-refractivity contribution < 1.29 is 14.4 Å². The quantitative estimate of drug-likeness (QED) is 0.174. The third-order valence-corrected chi connectivity index (χ3v) is 7.85. The summed E-state index contributed by atoms with van der Waals surface area (Å²) in [5.74, 6) is -2.56. The van der Waals surface area contributed by atoms with Gasteiger partial charge in [0.2, 0.25) is 0 Å². The van der Waals surface area contributed by atoms with Crippen LogP contribution in [0.5, 0.6) is 0 Å². The number of carbonyl (C=O) groups excluding carboxylic acids is 3. The smallest absolute Gasteiger partial charge is 0.267 e. The molecule has 5 nitrogen and oxygen atoms in total. The molecule has 1 aliphatic rings. The summed E-state index contributed by atoms with van der Waals surface area (Å²) in [4.78, 5) is 40.4. The fourth-order valence-electron chi connectivity index (χ4n) is 3.37. The number of hydrazine groups is 1. The number of nitrogens with zero attached hydrogens (tertiary/aromatic N) is 2. The zero-order valence-corrected chi connectivity index (χ0v) is 21.8. The zero-order valence-electron chi connectivity index (χ0n) is 16.5. The highest BCUT2D eigenvalue weighted by molar-refractivity contribution is 6.55. The van der Waals surface area contributed by atoms with E-state index in [2.05, 4.69) is 0 Å². The summed E-state index contributed by atoms with van der Waals surface area (Å²) in [6.07, 6.45) is 0. The number of benzene rings is 3. The Bertz CT molecular complexity index is 1350. The molecule has 0 unspecified atom stereocenters. The van der Waals surface area contributed by atoms with Gasteiger partial charge in [0.1, 0.15) is 0 Å². The molecule has 0 N–H and O–H groups in total. The Kier molecular flexibility index (Phi) is 7.28. The molecule has 1 aliphatic heterocycles. The first-order valence-electron chi connectivity index (χ1n) is 9.29. The lowest BCUT2D eigenvalue weighted by molar-refractivity contribution is 0.000886. The SMILES string of the molecule is O=C(c1ccccc1Cl)N(Cc1ccc(Cl)c(Cl)c1)N1C(=O)c2c(Cl)c(Cl)c(Cl)c(Cl)c2C1=O. The van der Waals surface area contributed by atoms with E-state index in [0.717, 1.165) is 5.01 Å². The van der Waals surface area contributed by atoms with E-state index in [1.165, 1.54) is 24.3 Å². The Hall–Kier alpha value is -1.70. The van der Waals surface area contributed by atoms with E-state index in [4.69, 9.17) is 81.2 Å². The fraction of sp³-hybridized carbons (Fsp3) is 0.0455. The zero-order chi connectivity index (χ0) is 24.9. The van der Waals surface area contributed by atoms with E-state index in [1.807, 2.05) is 0 Å². The van der Waals surface area contributed by atoms with Crippen molar-refractivity contribution in [2.75, 3.05) is 0 Å². The molecule has 0 aliphatic carbocycles. The van der Waals surface area contributed by atoms with E-state index in [1.54, 1.807) is 18.2 Å². The van der Waals surface area contributed by atoms with Gasteiger partial charge < -0.3 is 0 Å². The van der Waals surface area contributed by atoms with E-state index in [0.29, 0.717) is 10.6 Å². The van der Waals surface area contributed by atoms with Crippen LogP contribution in [0.2, 0.25) is 35.2 Å². The van der Waals surface area contributed by atoms with Crippen molar-refractivity contribution in [3.8, 4) is 0 Å². The molecule has 34 heavy (non-hydrogen) atoms. The summed E-state index contributed by atoms with van der Waals surface area (Å²) < 4.78 is 0. The third kappa shape index (κ3) is 4.24. The molecule has 3 amide bonds. The maximum atomic E-state index is 13.6. The molecule has 0 spiro atoms. The molecule has 0 fully saturated rings. The number of amides is 3. The lowest BCUT2D eigenvalue weighted by atomic mass is 10.1. The van der Waals surface area contributed by atoms with Crippen molar-refractivity contribution in [1.29, 1.82) is 0 Å². The molecule has 1 heterocycles. The van der Waals surface area contributed by atoms with Crippen LogP contribution in [0.4, 0.5) is 0 Å². The average Bonchev–Trinajstić information content (AvgIpc) is 3.07. The molecule has 0 radical (unpaired) electrons. The highest BCUT2D eigenvalue weighted by Gasteiger charge is 2.46. The fourth-order valence-corrected chi connectivity index (χ4v) is 4.93. The molecule has 4 rings (SSSR count). The minimum atomic E-state index is -0.911. The molecule has 3 aromatic rings. The second-order valence-corrected chi connectivity index (χ2v) is 9.75. The topological polar surface area (TPSA) is 57.7 Å². The summed E-state index contributed by atoms with van der Waals surface area (Å²) in [7, 11) is 0. The standard InChI is InChI=1S/C22H9Cl7N2O3/c23-11-4-2-1-3-10(11)20(32)30(8-9-5-6-12(24)13(25)7-9)31-21(33)14-15(22(31)34)17(27)19(29)18(28)16(14)26/h1-7H,8H2. The van der Waals surface area contributed by atoms with Crippen molar-refractivity contribution in [3.63, 3.8) is 0 Å². The minimum absolute atomic E-state index is 0.0500. The number of halogens is 7. The second kappa shape index (κ2) is 9.75. The molecule has 174 valence electrons. The molecule has 0 aromatic heterocycles. The van der Waals surface area contributed by atoms with Crippen molar-refractivity contribution in [1.82, 2.24) is 10.0 Å². The van der Waals surface area contributed by atoms with Gasteiger partial charge in [0.25, 0.3) is 17.7 Å². The lowest BCUT2D eigenvalue weighted by Gasteiger charge is -2.30. The minimum Gasteiger partial charge on any atom is -0.267 e. The van der Waals surface area contributed by atoms with Crippen molar-refractivity contribution >= 4 is 98.9 Å². The van der Waals surface area contributed by atoms with Gasteiger partial charge >= 0.3 is 0 Å². The summed E-state index contributed by atoms with van der Waals surface area (Å²) in [5.41, 5.74) is -0.0111. The normalized spacial score (nSPS) is 12.9. The van der Waals surface area contributed by atoms with Gasteiger partial charge in [0, 0.05) is 0 Å². The first kappa shape index (κ1) is 25.4. The van der Waals surface area contributed by atoms with Gasteiger partial charge in [-0.2, -0.15) is 5.01 Å². The number of imide groups is 1. The second-order valence-electron chi connectivity index (χ2n) is 7.02. The van der Waals surface area contributed by atoms with Crippen LogP contribution in [0.15, 0.2) is 42.5 Å². The maximum Gasteiger partial charge on any atom is 0.282 e. The summed E-state index contributed by atoms with van der Waals surface area (Å²) >= 11 is 43.0. The van der Waals surface area contributed by atoms with Crippen LogP contribution in [0.1, 0.15) is 36.6 Å². The van der Waals surface area contributed by atoms with Crippen LogP contribution in [0.3, 0.4) is 0 Å². The predicted molar refractivity (Wildman–Crippen MR) is 135 cm³/mol. The molecule has 0 bridgehead atoms. The van der Waals surface area contributed by atoms with Crippen molar-refractivity contribution in [2.45, 2.75) is 6.54 Å². The van der Waals surface area contributed by atoms with Crippen LogP contribution in [0.25, 0.3) is 0 Å². The average molecular weight is 597 g/mol. The van der Waals surface area contributed by atoms with Crippen LogP contribution in [-0.4, -0.2) is 27.7 Å². The first-order valence-corrected chi connectivity index (χ1v) is 11.9. The van der Waals surface area contributed by atoms with E-state index in [-0.39, 0.29) is 58.4 Å². The lowest BCUT2D eigenvalue weighted by Crippen LogP contribution is -2.49. The molecule has 0 atom stereocenters. The summed E-state index contributed by atoms with van der Waals surface area (Å²) in [5, 5.41) is 1.27. The molecular formula is C22H9Cl7N2O3. The van der Waals surface area contributed by atoms with Crippen LogP contribution < -0.4 is 0 Å². The van der Waals surface area contributed by atoms with Gasteiger partial charge in [0.15, 0.2) is 0 Å². The van der Waals surface area contributed by atoms with Crippen molar-refractivity contribution in [3.05, 3.63) is 99.9 Å². The van der Waals surface area contributed by atoms with Gasteiger partial charge in [-0.1, -0.05) is 99.4 Å². The van der Waals surface area contributed by atoms with Crippen LogP contribution in [0, 0.1) is 0 Å².